The number of aliphatic hydroxyl groups is 1. The number of rotatable bonds is 6. The van der Waals surface area contributed by atoms with Crippen molar-refractivity contribution in [2.24, 2.45) is 0 Å². The van der Waals surface area contributed by atoms with Crippen LogP contribution in [0.5, 0.6) is 0 Å². The molecule has 0 aromatic heterocycles. The van der Waals surface area contributed by atoms with E-state index in [4.69, 9.17) is 9.84 Å². The third-order valence-electron chi connectivity index (χ3n) is 3.45. The van der Waals surface area contributed by atoms with Gasteiger partial charge in [-0.2, -0.15) is 0 Å². The molecule has 1 fully saturated rings. The predicted molar refractivity (Wildman–Crippen MR) is 72.3 cm³/mol. The van der Waals surface area contributed by atoms with Crippen LogP contribution in [0.3, 0.4) is 0 Å². The number of nitrogens with one attached hydrogen (secondary N) is 1. The summed E-state index contributed by atoms with van der Waals surface area (Å²) in [4.78, 5) is 0. The molecule has 1 aromatic rings. The van der Waals surface area contributed by atoms with Gasteiger partial charge >= 0.3 is 0 Å². The molecule has 1 saturated heterocycles. The average Bonchev–Trinajstić information content (AvgIpc) is 2.45. The first kappa shape index (κ1) is 13.5. The lowest BCUT2D eigenvalue weighted by atomic mass is 10.1. The van der Waals surface area contributed by atoms with Gasteiger partial charge in [0.2, 0.25) is 0 Å². The lowest BCUT2D eigenvalue weighted by Crippen LogP contribution is -2.25. The minimum Gasteiger partial charge on any atom is -0.392 e. The Bertz CT molecular complexity index is 331. The van der Waals surface area contributed by atoms with Crippen LogP contribution in [0.1, 0.15) is 36.8 Å². The van der Waals surface area contributed by atoms with Crippen LogP contribution in [-0.2, 0) is 17.9 Å². The SMILES string of the molecule is OCc1ccc(CNCCC2CCCCO2)cc1. The quantitative estimate of drug-likeness (QED) is 0.760. The van der Waals surface area contributed by atoms with E-state index in [0.29, 0.717) is 6.10 Å². The molecule has 18 heavy (non-hydrogen) atoms. The van der Waals surface area contributed by atoms with Gasteiger partial charge in [-0.25, -0.2) is 0 Å². The van der Waals surface area contributed by atoms with Crippen LogP contribution < -0.4 is 5.32 Å². The summed E-state index contributed by atoms with van der Waals surface area (Å²) in [5.41, 5.74) is 2.23. The Hall–Kier alpha value is -0.900. The fourth-order valence-electron chi connectivity index (χ4n) is 2.29. The van der Waals surface area contributed by atoms with Crippen molar-refractivity contribution in [3.63, 3.8) is 0 Å². The fourth-order valence-corrected chi connectivity index (χ4v) is 2.29. The molecule has 1 aliphatic heterocycles. The van der Waals surface area contributed by atoms with Crippen molar-refractivity contribution in [2.75, 3.05) is 13.2 Å². The topological polar surface area (TPSA) is 41.5 Å². The van der Waals surface area contributed by atoms with Gasteiger partial charge in [-0.1, -0.05) is 24.3 Å². The van der Waals surface area contributed by atoms with E-state index in [1.165, 1.54) is 24.8 Å². The molecule has 2 N–H and O–H groups in total. The number of hydrogen-bond donors (Lipinski definition) is 2. The van der Waals surface area contributed by atoms with Crippen LogP contribution in [0.4, 0.5) is 0 Å². The number of aliphatic hydroxyl groups excluding tert-OH is 1. The second kappa shape index (κ2) is 7.52. The highest BCUT2D eigenvalue weighted by molar-refractivity contribution is 5.21. The van der Waals surface area contributed by atoms with Gasteiger partial charge in [0.05, 0.1) is 12.7 Å². The first-order chi connectivity index (χ1) is 8.88. The molecule has 3 heteroatoms. The van der Waals surface area contributed by atoms with Crippen LogP contribution in [-0.4, -0.2) is 24.4 Å². The Kier molecular flexibility index (Phi) is 5.65. The first-order valence-corrected chi connectivity index (χ1v) is 6.89. The summed E-state index contributed by atoms with van der Waals surface area (Å²) >= 11 is 0. The van der Waals surface area contributed by atoms with Crippen molar-refractivity contribution in [1.82, 2.24) is 5.32 Å². The van der Waals surface area contributed by atoms with E-state index in [1.54, 1.807) is 0 Å². The zero-order chi connectivity index (χ0) is 12.6. The third-order valence-corrected chi connectivity index (χ3v) is 3.45. The zero-order valence-electron chi connectivity index (χ0n) is 10.9. The monoisotopic (exact) mass is 249 g/mol. The van der Waals surface area contributed by atoms with Crippen molar-refractivity contribution in [3.8, 4) is 0 Å². The second-order valence-electron chi connectivity index (χ2n) is 4.93. The molecule has 0 aliphatic carbocycles. The summed E-state index contributed by atoms with van der Waals surface area (Å²) in [6, 6.07) is 8.08. The van der Waals surface area contributed by atoms with Gasteiger partial charge in [0.1, 0.15) is 0 Å². The Balaban J connectivity index is 1.62. The first-order valence-electron chi connectivity index (χ1n) is 6.89. The molecular formula is C15H23NO2. The normalized spacial score (nSPS) is 19.9. The summed E-state index contributed by atoms with van der Waals surface area (Å²) in [5.74, 6) is 0. The zero-order valence-corrected chi connectivity index (χ0v) is 10.9. The van der Waals surface area contributed by atoms with Crippen LogP contribution in [0, 0.1) is 0 Å². The molecule has 0 bridgehead atoms. The minimum absolute atomic E-state index is 0.118. The Morgan fingerprint density at radius 1 is 1.17 bits per heavy atom. The van der Waals surface area contributed by atoms with Crippen LogP contribution in [0.2, 0.25) is 0 Å². The highest BCUT2D eigenvalue weighted by atomic mass is 16.5. The largest absolute Gasteiger partial charge is 0.392 e. The van der Waals surface area contributed by atoms with Gasteiger partial charge in [0, 0.05) is 13.2 Å². The second-order valence-corrected chi connectivity index (χ2v) is 4.93. The maximum atomic E-state index is 8.96. The summed E-state index contributed by atoms with van der Waals surface area (Å²) in [7, 11) is 0. The molecule has 1 aromatic carbocycles. The summed E-state index contributed by atoms with van der Waals surface area (Å²) in [6.07, 6.45) is 5.32. The molecule has 1 aliphatic rings. The summed E-state index contributed by atoms with van der Waals surface area (Å²) < 4.78 is 5.69. The predicted octanol–water partition coefficient (Wildman–Crippen LogP) is 2.23. The highest BCUT2D eigenvalue weighted by Gasteiger charge is 2.12. The van der Waals surface area contributed by atoms with E-state index in [-0.39, 0.29) is 6.61 Å². The average molecular weight is 249 g/mol. The van der Waals surface area contributed by atoms with E-state index >= 15 is 0 Å². The van der Waals surface area contributed by atoms with Gasteiger partial charge in [-0.15, -0.1) is 0 Å². The van der Waals surface area contributed by atoms with Gasteiger partial charge in [-0.3, -0.25) is 0 Å². The Morgan fingerprint density at radius 2 is 1.94 bits per heavy atom. The van der Waals surface area contributed by atoms with E-state index < -0.39 is 0 Å². The molecule has 1 atom stereocenters. The molecule has 0 amide bonds. The highest BCUT2D eigenvalue weighted by Crippen LogP contribution is 2.14. The van der Waals surface area contributed by atoms with Crippen molar-refractivity contribution in [1.29, 1.82) is 0 Å². The van der Waals surface area contributed by atoms with E-state index in [9.17, 15) is 0 Å². The third kappa shape index (κ3) is 4.41. The molecule has 1 unspecified atom stereocenters. The van der Waals surface area contributed by atoms with Crippen LogP contribution in [0.15, 0.2) is 24.3 Å². The Morgan fingerprint density at radius 3 is 2.61 bits per heavy atom. The van der Waals surface area contributed by atoms with Gasteiger partial charge < -0.3 is 15.2 Å². The number of hydrogen-bond acceptors (Lipinski definition) is 3. The van der Waals surface area contributed by atoms with Crippen molar-refractivity contribution >= 4 is 0 Å². The van der Waals surface area contributed by atoms with Gasteiger partial charge in [0.25, 0.3) is 0 Å². The molecule has 1 heterocycles. The van der Waals surface area contributed by atoms with Crippen molar-refractivity contribution in [2.45, 2.75) is 44.9 Å². The smallest absolute Gasteiger partial charge is 0.0681 e. The van der Waals surface area contributed by atoms with E-state index in [2.05, 4.69) is 17.4 Å². The van der Waals surface area contributed by atoms with Crippen LogP contribution >= 0.6 is 0 Å². The molecule has 0 spiro atoms. The molecule has 100 valence electrons. The van der Waals surface area contributed by atoms with Gasteiger partial charge in [-0.05, 0) is 43.4 Å². The number of benzene rings is 1. The molecule has 0 saturated carbocycles. The van der Waals surface area contributed by atoms with Crippen molar-refractivity contribution < 1.29 is 9.84 Å². The standard InChI is InChI=1S/C15H23NO2/c17-12-14-6-4-13(5-7-14)11-16-9-8-15-3-1-2-10-18-15/h4-7,15-17H,1-3,8-12H2. The fraction of sp³-hybridized carbons (Fsp3) is 0.600. The van der Waals surface area contributed by atoms with E-state index in [1.807, 2.05) is 12.1 Å². The summed E-state index contributed by atoms with van der Waals surface area (Å²) in [5, 5.41) is 12.4. The lowest BCUT2D eigenvalue weighted by Gasteiger charge is -2.22. The maximum Gasteiger partial charge on any atom is 0.0681 e. The molecule has 2 rings (SSSR count). The minimum atomic E-state index is 0.118. The molecule has 0 radical (unpaired) electrons. The van der Waals surface area contributed by atoms with E-state index in [0.717, 1.165) is 31.7 Å². The number of ether oxygens (including phenoxy) is 1. The summed E-state index contributed by atoms with van der Waals surface area (Å²) in [6.45, 7) is 2.95. The lowest BCUT2D eigenvalue weighted by molar-refractivity contribution is 0.0115. The molecular weight excluding hydrogens is 226 g/mol. The molecule has 3 nitrogen and oxygen atoms in total. The van der Waals surface area contributed by atoms with Gasteiger partial charge in [0.15, 0.2) is 0 Å². The Labute approximate surface area is 109 Å². The maximum absolute atomic E-state index is 8.96. The van der Waals surface area contributed by atoms with Crippen molar-refractivity contribution in [3.05, 3.63) is 35.4 Å². The van der Waals surface area contributed by atoms with Crippen LogP contribution in [0.25, 0.3) is 0 Å².